The Labute approximate surface area is 163 Å². The number of benzene rings is 2. The molecule has 2 aliphatic rings. The summed E-state index contributed by atoms with van der Waals surface area (Å²) in [5.74, 6) is -6.48. The SMILES string of the molecule is O=C(Nc1ccc(F)c(F)c1F)c1ccc2c(c1)C(=O)N(CC1CCCO1)C2=O. The Balaban J connectivity index is 1.55. The predicted octanol–water partition coefficient (Wildman–Crippen LogP) is 3.13. The fourth-order valence-electron chi connectivity index (χ4n) is 3.41. The molecule has 2 aliphatic heterocycles. The van der Waals surface area contributed by atoms with E-state index in [9.17, 15) is 27.6 Å². The largest absolute Gasteiger partial charge is 0.376 e. The maximum Gasteiger partial charge on any atom is 0.261 e. The molecule has 2 aromatic rings. The molecule has 1 fully saturated rings. The molecule has 150 valence electrons. The van der Waals surface area contributed by atoms with Crippen molar-refractivity contribution < 1.29 is 32.3 Å². The minimum atomic E-state index is -1.71. The molecule has 1 atom stereocenters. The van der Waals surface area contributed by atoms with Crippen LogP contribution in [0, 0.1) is 17.5 Å². The Morgan fingerprint density at radius 3 is 2.55 bits per heavy atom. The molecule has 4 rings (SSSR count). The van der Waals surface area contributed by atoms with Crippen LogP contribution in [0.5, 0.6) is 0 Å². The van der Waals surface area contributed by atoms with Gasteiger partial charge in [-0.05, 0) is 43.2 Å². The normalized spacial score (nSPS) is 18.3. The van der Waals surface area contributed by atoms with E-state index >= 15 is 0 Å². The predicted molar refractivity (Wildman–Crippen MR) is 95.1 cm³/mol. The Kier molecular flexibility index (Phi) is 4.83. The number of rotatable bonds is 4. The average Bonchev–Trinajstić information content (AvgIpc) is 3.31. The molecule has 3 amide bonds. The van der Waals surface area contributed by atoms with Gasteiger partial charge in [-0.25, -0.2) is 13.2 Å². The van der Waals surface area contributed by atoms with Gasteiger partial charge in [0, 0.05) is 12.2 Å². The topological polar surface area (TPSA) is 75.7 Å². The number of amides is 3. The lowest BCUT2D eigenvalue weighted by molar-refractivity contribution is 0.0475. The van der Waals surface area contributed by atoms with E-state index in [0.717, 1.165) is 23.8 Å². The third-order valence-electron chi connectivity index (χ3n) is 4.93. The molecular weight excluding hydrogens is 389 g/mol. The van der Waals surface area contributed by atoms with Gasteiger partial charge < -0.3 is 10.1 Å². The van der Waals surface area contributed by atoms with Crippen molar-refractivity contribution in [3.8, 4) is 0 Å². The van der Waals surface area contributed by atoms with Gasteiger partial charge in [-0.15, -0.1) is 0 Å². The number of ether oxygens (including phenoxy) is 1. The molecule has 2 aromatic carbocycles. The highest BCUT2D eigenvalue weighted by Gasteiger charge is 2.38. The van der Waals surface area contributed by atoms with Gasteiger partial charge >= 0.3 is 0 Å². The Morgan fingerprint density at radius 2 is 1.83 bits per heavy atom. The van der Waals surface area contributed by atoms with Crippen LogP contribution >= 0.6 is 0 Å². The van der Waals surface area contributed by atoms with Gasteiger partial charge in [0.1, 0.15) is 0 Å². The van der Waals surface area contributed by atoms with E-state index in [-0.39, 0.29) is 29.3 Å². The minimum Gasteiger partial charge on any atom is -0.376 e. The highest BCUT2D eigenvalue weighted by atomic mass is 19.2. The molecule has 6 nitrogen and oxygen atoms in total. The van der Waals surface area contributed by atoms with Crippen molar-refractivity contribution in [2.45, 2.75) is 18.9 Å². The molecule has 1 saturated heterocycles. The summed E-state index contributed by atoms with van der Waals surface area (Å²) in [5.41, 5.74) is -0.375. The van der Waals surface area contributed by atoms with Crippen LogP contribution in [0.4, 0.5) is 18.9 Å². The first kappa shape index (κ1) is 19.1. The highest BCUT2D eigenvalue weighted by Crippen LogP contribution is 2.27. The summed E-state index contributed by atoms with van der Waals surface area (Å²) < 4.78 is 45.6. The van der Waals surface area contributed by atoms with E-state index in [1.807, 2.05) is 0 Å². The lowest BCUT2D eigenvalue weighted by atomic mass is 10.1. The van der Waals surface area contributed by atoms with Crippen molar-refractivity contribution >= 4 is 23.4 Å². The van der Waals surface area contributed by atoms with Crippen LogP contribution in [-0.2, 0) is 4.74 Å². The van der Waals surface area contributed by atoms with Crippen LogP contribution < -0.4 is 5.32 Å². The zero-order valence-corrected chi connectivity index (χ0v) is 15.0. The van der Waals surface area contributed by atoms with E-state index in [0.29, 0.717) is 12.7 Å². The van der Waals surface area contributed by atoms with Gasteiger partial charge in [-0.2, -0.15) is 0 Å². The maximum atomic E-state index is 13.8. The molecule has 0 spiro atoms. The third-order valence-corrected chi connectivity index (χ3v) is 4.93. The number of nitrogens with one attached hydrogen (secondary N) is 1. The van der Waals surface area contributed by atoms with Crippen LogP contribution in [0.15, 0.2) is 30.3 Å². The quantitative estimate of drug-likeness (QED) is 0.628. The smallest absolute Gasteiger partial charge is 0.261 e. The second-order valence-corrected chi connectivity index (χ2v) is 6.79. The zero-order valence-electron chi connectivity index (χ0n) is 15.0. The van der Waals surface area contributed by atoms with Crippen molar-refractivity contribution in [2.75, 3.05) is 18.5 Å². The van der Waals surface area contributed by atoms with Crippen molar-refractivity contribution in [3.05, 3.63) is 64.5 Å². The number of hydrogen-bond acceptors (Lipinski definition) is 4. The summed E-state index contributed by atoms with van der Waals surface area (Å²) >= 11 is 0. The van der Waals surface area contributed by atoms with Crippen LogP contribution in [0.1, 0.15) is 43.9 Å². The van der Waals surface area contributed by atoms with Gasteiger partial charge in [0.15, 0.2) is 17.5 Å². The summed E-state index contributed by atoms with van der Waals surface area (Å²) in [6.45, 7) is 0.715. The number of hydrogen-bond donors (Lipinski definition) is 1. The highest BCUT2D eigenvalue weighted by molar-refractivity contribution is 6.22. The first-order chi connectivity index (χ1) is 13.9. The Morgan fingerprint density at radius 1 is 1.07 bits per heavy atom. The summed E-state index contributed by atoms with van der Waals surface area (Å²) in [6, 6.07) is 5.42. The van der Waals surface area contributed by atoms with Crippen LogP contribution in [0.2, 0.25) is 0 Å². The molecule has 0 radical (unpaired) electrons. The van der Waals surface area contributed by atoms with Gasteiger partial charge in [-0.3, -0.25) is 19.3 Å². The molecular formula is C20H15F3N2O4. The fourth-order valence-corrected chi connectivity index (χ4v) is 3.41. The third kappa shape index (κ3) is 3.38. The summed E-state index contributed by atoms with van der Waals surface area (Å²) in [7, 11) is 0. The summed E-state index contributed by atoms with van der Waals surface area (Å²) in [6.07, 6.45) is 1.40. The van der Waals surface area contributed by atoms with Crippen molar-refractivity contribution in [1.82, 2.24) is 4.90 Å². The van der Waals surface area contributed by atoms with E-state index in [1.165, 1.54) is 18.2 Å². The molecule has 0 aliphatic carbocycles. The number of halogens is 3. The van der Waals surface area contributed by atoms with E-state index in [1.54, 1.807) is 0 Å². The van der Waals surface area contributed by atoms with E-state index < -0.39 is 40.9 Å². The minimum absolute atomic E-state index is 0.0343. The van der Waals surface area contributed by atoms with E-state index in [2.05, 4.69) is 5.32 Å². The Hall–Kier alpha value is -3.20. The molecule has 2 heterocycles. The zero-order chi connectivity index (χ0) is 20.7. The van der Waals surface area contributed by atoms with Crippen LogP contribution in [0.25, 0.3) is 0 Å². The first-order valence-corrected chi connectivity index (χ1v) is 8.93. The number of fused-ring (bicyclic) bond motifs is 1. The fraction of sp³-hybridized carbons (Fsp3) is 0.250. The average molecular weight is 404 g/mol. The number of carbonyl (C=O) groups excluding carboxylic acids is 3. The first-order valence-electron chi connectivity index (χ1n) is 8.93. The maximum absolute atomic E-state index is 13.8. The molecule has 1 N–H and O–H groups in total. The number of imide groups is 1. The summed E-state index contributed by atoms with van der Waals surface area (Å²) in [5, 5.41) is 2.13. The number of anilines is 1. The number of nitrogens with zero attached hydrogens (tertiary/aromatic N) is 1. The molecule has 0 saturated carbocycles. The second-order valence-electron chi connectivity index (χ2n) is 6.79. The second kappa shape index (κ2) is 7.32. The van der Waals surface area contributed by atoms with Crippen molar-refractivity contribution in [1.29, 1.82) is 0 Å². The van der Waals surface area contributed by atoms with Gasteiger partial charge in [-0.1, -0.05) is 0 Å². The van der Waals surface area contributed by atoms with Crippen LogP contribution in [-0.4, -0.2) is 41.9 Å². The summed E-state index contributed by atoms with van der Waals surface area (Å²) in [4.78, 5) is 38.6. The van der Waals surface area contributed by atoms with Crippen LogP contribution in [0.3, 0.4) is 0 Å². The molecule has 0 aromatic heterocycles. The van der Waals surface area contributed by atoms with Crippen molar-refractivity contribution in [2.24, 2.45) is 0 Å². The molecule has 0 bridgehead atoms. The van der Waals surface area contributed by atoms with Gasteiger partial charge in [0.2, 0.25) is 0 Å². The Bertz CT molecular complexity index is 1030. The molecule has 1 unspecified atom stereocenters. The molecule has 9 heteroatoms. The standard InChI is InChI=1S/C20H15F3N2O4/c21-14-5-6-15(17(23)16(14)22)24-18(26)10-3-4-12-13(8-10)20(28)25(19(12)27)9-11-2-1-7-29-11/h3-6,8,11H,1-2,7,9H2,(H,24,26). The van der Waals surface area contributed by atoms with Gasteiger partial charge in [0.05, 0.1) is 29.5 Å². The van der Waals surface area contributed by atoms with E-state index in [4.69, 9.17) is 4.74 Å². The van der Waals surface area contributed by atoms with Crippen molar-refractivity contribution in [3.63, 3.8) is 0 Å². The molecule has 29 heavy (non-hydrogen) atoms. The lowest BCUT2D eigenvalue weighted by Gasteiger charge is -2.17. The monoisotopic (exact) mass is 404 g/mol. The van der Waals surface area contributed by atoms with Gasteiger partial charge in [0.25, 0.3) is 17.7 Å². The lowest BCUT2D eigenvalue weighted by Crippen LogP contribution is -2.36. The number of carbonyl (C=O) groups is 3.